The third-order valence-electron chi connectivity index (χ3n) is 8.33. The van der Waals surface area contributed by atoms with Gasteiger partial charge in [0.15, 0.2) is 0 Å². The molecular formula is C36H36N6O4. The van der Waals surface area contributed by atoms with Crippen LogP contribution in [0.1, 0.15) is 16.7 Å². The first-order chi connectivity index (χ1) is 22.4. The summed E-state index contributed by atoms with van der Waals surface area (Å²) in [5, 5.41) is 16.1. The van der Waals surface area contributed by atoms with Crippen molar-refractivity contribution in [2.45, 2.75) is 31.7 Å². The van der Waals surface area contributed by atoms with Gasteiger partial charge < -0.3 is 20.2 Å². The van der Waals surface area contributed by atoms with E-state index in [1.807, 2.05) is 72.8 Å². The molecule has 3 heterocycles. The third kappa shape index (κ3) is 6.47. The Kier molecular flexibility index (Phi) is 9.07. The molecule has 0 saturated carbocycles. The van der Waals surface area contributed by atoms with Crippen molar-refractivity contribution in [3.63, 3.8) is 0 Å². The topological polar surface area (TPSA) is 109 Å². The van der Waals surface area contributed by atoms with Crippen LogP contribution in [0, 0.1) is 0 Å². The zero-order chi connectivity index (χ0) is 32.0. The van der Waals surface area contributed by atoms with Gasteiger partial charge in [0, 0.05) is 37.8 Å². The van der Waals surface area contributed by atoms with Gasteiger partial charge in [-0.15, -0.1) is 6.58 Å². The summed E-state index contributed by atoms with van der Waals surface area (Å²) in [7, 11) is 0. The summed E-state index contributed by atoms with van der Waals surface area (Å²) >= 11 is 0. The van der Waals surface area contributed by atoms with E-state index in [0.29, 0.717) is 6.54 Å². The van der Waals surface area contributed by atoms with Crippen LogP contribution in [-0.2, 0) is 29.1 Å². The van der Waals surface area contributed by atoms with Crippen LogP contribution in [0.3, 0.4) is 0 Å². The van der Waals surface area contributed by atoms with Gasteiger partial charge in [-0.25, -0.2) is 14.8 Å². The van der Waals surface area contributed by atoms with Crippen molar-refractivity contribution in [1.82, 2.24) is 30.1 Å². The Balaban J connectivity index is 1.37. The molecule has 3 aromatic carbocycles. The van der Waals surface area contributed by atoms with Crippen molar-refractivity contribution in [2.24, 2.45) is 0 Å². The maximum Gasteiger partial charge on any atom is 0.334 e. The highest BCUT2D eigenvalue weighted by Gasteiger charge is 2.51. The predicted octanol–water partition coefficient (Wildman–Crippen LogP) is 4.19. The lowest BCUT2D eigenvalue weighted by Crippen LogP contribution is -2.76. The highest BCUT2D eigenvalue weighted by Crippen LogP contribution is 2.31. The van der Waals surface area contributed by atoms with Crippen LogP contribution in [0.5, 0.6) is 5.75 Å². The highest BCUT2D eigenvalue weighted by atomic mass is 16.3. The number of hydrazine groups is 1. The number of phenols is 1. The number of hydrogen-bond donors (Lipinski definition) is 2. The summed E-state index contributed by atoms with van der Waals surface area (Å²) in [5.41, 5.74) is 4.26. The Morgan fingerprint density at radius 3 is 2.37 bits per heavy atom. The lowest BCUT2D eigenvalue weighted by atomic mass is 9.97. The summed E-state index contributed by atoms with van der Waals surface area (Å²) in [4.78, 5) is 50.1. The highest BCUT2D eigenvalue weighted by molar-refractivity contribution is 5.92. The zero-order valence-corrected chi connectivity index (χ0v) is 25.4. The largest absolute Gasteiger partial charge is 0.508 e. The van der Waals surface area contributed by atoms with E-state index >= 15 is 0 Å². The number of amides is 4. The molecule has 234 valence electrons. The van der Waals surface area contributed by atoms with Gasteiger partial charge in [-0.3, -0.25) is 14.6 Å². The minimum absolute atomic E-state index is 0.0819. The lowest BCUT2D eigenvalue weighted by molar-refractivity contribution is -0.189. The van der Waals surface area contributed by atoms with Gasteiger partial charge in [-0.2, -0.15) is 0 Å². The molecule has 2 fully saturated rings. The average molecular weight is 617 g/mol. The molecule has 2 atom stereocenters. The summed E-state index contributed by atoms with van der Waals surface area (Å²) < 4.78 is 0. The Labute approximate surface area is 268 Å². The molecule has 2 aliphatic rings. The standard InChI is InChI=1S/C36H36N6O4/c1-2-20-40-25-33(44)41-31(21-26-15-17-30(43)18-16-26)35(45)39(23-29-14-9-19-37-34(29)28-12-7-4-8-13-28)24-32(41)42(40)36(46)38-22-27-10-5-3-6-11-27/h2-19,31-32,43H,1,20-25H2,(H,38,46)/t31-,32-/m0/s1. The fraction of sp³-hybridized carbons (Fsp3) is 0.222. The van der Waals surface area contributed by atoms with E-state index in [1.165, 1.54) is 0 Å². The van der Waals surface area contributed by atoms with Gasteiger partial charge >= 0.3 is 6.03 Å². The van der Waals surface area contributed by atoms with Gasteiger partial charge in [0.25, 0.3) is 0 Å². The Bertz CT molecular complexity index is 1700. The summed E-state index contributed by atoms with van der Waals surface area (Å²) in [6.07, 6.45) is 2.83. The molecule has 0 spiro atoms. The van der Waals surface area contributed by atoms with Crippen LogP contribution in [0.25, 0.3) is 11.3 Å². The van der Waals surface area contributed by atoms with Crippen LogP contribution >= 0.6 is 0 Å². The molecule has 6 rings (SSSR count). The monoisotopic (exact) mass is 616 g/mol. The normalized spacial score (nSPS) is 18.3. The predicted molar refractivity (Wildman–Crippen MR) is 174 cm³/mol. The van der Waals surface area contributed by atoms with Crippen molar-refractivity contribution in [1.29, 1.82) is 0 Å². The smallest absolute Gasteiger partial charge is 0.334 e. The van der Waals surface area contributed by atoms with E-state index in [2.05, 4.69) is 16.9 Å². The number of piperazine rings is 1. The van der Waals surface area contributed by atoms with Gasteiger partial charge in [0.2, 0.25) is 11.8 Å². The number of nitrogens with one attached hydrogen (secondary N) is 1. The first-order valence-electron chi connectivity index (χ1n) is 15.3. The molecular weight excluding hydrogens is 580 g/mol. The molecule has 4 aromatic rings. The SMILES string of the molecule is C=CCN1CC(=O)N2[C@@H](Cc3ccc(O)cc3)C(=O)N(Cc3cccnc3-c3ccccc3)C[C@@H]2N1C(=O)NCc1ccccc1. The molecule has 10 heteroatoms. The van der Waals surface area contributed by atoms with Crippen LogP contribution in [-0.4, -0.2) is 79.6 Å². The number of hydrogen-bond acceptors (Lipinski definition) is 6. The van der Waals surface area contributed by atoms with Gasteiger partial charge in [0.1, 0.15) is 18.0 Å². The quantitative estimate of drug-likeness (QED) is 0.273. The van der Waals surface area contributed by atoms with Crippen molar-refractivity contribution >= 4 is 17.8 Å². The Morgan fingerprint density at radius 1 is 0.935 bits per heavy atom. The molecule has 10 nitrogen and oxygen atoms in total. The molecule has 0 radical (unpaired) electrons. The maximum absolute atomic E-state index is 14.4. The lowest BCUT2D eigenvalue weighted by Gasteiger charge is -2.55. The first kappa shape index (κ1) is 30.5. The summed E-state index contributed by atoms with van der Waals surface area (Å²) in [5.74, 6) is -0.358. The van der Waals surface area contributed by atoms with Crippen molar-refractivity contribution in [3.05, 3.63) is 133 Å². The van der Waals surface area contributed by atoms with Crippen LogP contribution < -0.4 is 5.32 Å². The van der Waals surface area contributed by atoms with E-state index in [0.717, 1.165) is 27.9 Å². The molecule has 1 aromatic heterocycles. The number of fused-ring (bicyclic) bond motifs is 1. The number of carbonyl (C=O) groups is 3. The molecule has 2 saturated heterocycles. The van der Waals surface area contributed by atoms with Gasteiger partial charge in [0.05, 0.1) is 18.8 Å². The number of pyridine rings is 1. The number of nitrogens with zero attached hydrogens (tertiary/aromatic N) is 5. The molecule has 46 heavy (non-hydrogen) atoms. The fourth-order valence-electron chi connectivity index (χ4n) is 6.18. The second-order valence-corrected chi connectivity index (χ2v) is 11.4. The number of rotatable bonds is 9. The van der Waals surface area contributed by atoms with Crippen LogP contribution in [0.15, 0.2) is 116 Å². The number of aromatic hydroxyl groups is 1. The minimum atomic E-state index is -0.872. The summed E-state index contributed by atoms with van der Waals surface area (Å²) in [6, 6.07) is 28.5. The zero-order valence-electron chi connectivity index (χ0n) is 25.4. The number of carbonyl (C=O) groups excluding carboxylic acids is 3. The second-order valence-electron chi connectivity index (χ2n) is 11.4. The Hall–Kier alpha value is -5.48. The average Bonchev–Trinajstić information content (AvgIpc) is 3.08. The van der Waals surface area contributed by atoms with E-state index in [1.54, 1.807) is 56.4 Å². The van der Waals surface area contributed by atoms with Crippen LogP contribution in [0.2, 0.25) is 0 Å². The number of aromatic nitrogens is 1. The number of benzene rings is 3. The van der Waals surface area contributed by atoms with E-state index in [-0.39, 0.29) is 56.2 Å². The molecule has 0 unspecified atom stereocenters. The number of urea groups is 1. The number of phenolic OH excluding ortho intramolecular Hbond substituents is 1. The second kappa shape index (κ2) is 13.7. The minimum Gasteiger partial charge on any atom is -0.508 e. The van der Waals surface area contributed by atoms with Gasteiger partial charge in [-0.1, -0.05) is 84.9 Å². The van der Waals surface area contributed by atoms with Crippen LogP contribution in [0.4, 0.5) is 4.79 Å². The molecule has 2 N–H and O–H groups in total. The van der Waals surface area contributed by atoms with E-state index in [4.69, 9.17) is 0 Å². The van der Waals surface area contributed by atoms with E-state index in [9.17, 15) is 19.5 Å². The van der Waals surface area contributed by atoms with Crippen molar-refractivity contribution in [2.75, 3.05) is 19.6 Å². The fourth-order valence-corrected chi connectivity index (χ4v) is 6.18. The van der Waals surface area contributed by atoms with E-state index < -0.39 is 12.2 Å². The van der Waals surface area contributed by atoms with Crippen molar-refractivity contribution < 1.29 is 19.5 Å². The third-order valence-corrected chi connectivity index (χ3v) is 8.33. The maximum atomic E-state index is 14.4. The molecule has 0 aliphatic carbocycles. The molecule has 4 amide bonds. The summed E-state index contributed by atoms with van der Waals surface area (Å²) in [6.45, 7) is 4.68. The first-order valence-corrected chi connectivity index (χ1v) is 15.3. The molecule has 2 aliphatic heterocycles. The molecule has 0 bridgehead atoms. The van der Waals surface area contributed by atoms with Crippen molar-refractivity contribution in [3.8, 4) is 17.0 Å². The Morgan fingerprint density at radius 2 is 1.65 bits per heavy atom. The van der Waals surface area contributed by atoms with Gasteiger partial charge in [-0.05, 0) is 34.9 Å².